The van der Waals surface area contributed by atoms with Crippen LogP contribution in [0, 0.1) is 0 Å². The second-order valence-corrected chi connectivity index (χ2v) is 9.02. The van der Waals surface area contributed by atoms with Gasteiger partial charge in [0.05, 0.1) is 23.0 Å². The number of sulfone groups is 1. The van der Waals surface area contributed by atoms with Crippen molar-refractivity contribution in [1.29, 1.82) is 0 Å². The topological polar surface area (TPSA) is 103 Å². The van der Waals surface area contributed by atoms with E-state index in [1.807, 2.05) is 0 Å². The summed E-state index contributed by atoms with van der Waals surface area (Å²) in [5, 5.41) is 4.19. The lowest BCUT2D eigenvalue weighted by atomic mass is 10.3. The lowest BCUT2D eigenvalue weighted by Gasteiger charge is -2.12. The second kappa shape index (κ2) is 7.07. The van der Waals surface area contributed by atoms with Gasteiger partial charge in [0, 0.05) is 28.2 Å². The summed E-state index contributed by atoms with van der Waals surface area (Å²) in [7, 11) is 1.93. The molecule has 0 aliphatic rings. The number of imidazole rings is 1. The van der Waals surface area contributed by atoms with Gasteiger partial charge in [0.15, 0.2) is 15.7 Å². The van der Waals surface area contributed by atoms with Crippen molar-refractivity contribution in [2.75, 3.05) is 19.8 Å². The van der Waals surface area contributed by atoms with Crippen LogP contribution >= 0.6 is 0 Å². The fourth-order valence-electron chi connectivity index (χ4n) is 2.99. The van der Waals surface area contributed by atoms with Crippen LogP contribution in [0.2, 0.25) is 0 Å². The number of alkyl halides is 3. The Morgan fingerprint density at radius 1 is 1.23 bits per heavy atom. The number of pyridine rings is 1. The van der Waals surface area contributed by atoms with Gasteiger partial charge in [-0.05, 0) is 6.07 Å². The van der Waals surface area contributed by atoms with Crippen molar-refractivity contribution >= 4 is 26.8 Å². The number of fused-ring (bicyclic) bond motifs is 1. The van der Waals surface area contributed by atoms with Crippen molar-refractivity contribution in [3.63, 3.8) is 0 Å². The Hall–Kier alpha value is -2.96. The van der Waals surface area contributed by atoms with Gasteiger partial charge in [-0.1, -0.05) is 6.92 Å². The number of carbonyl (C=O) groups is 1. The maximum Gasteiger partial charge on any atom is 0.433 e. The highest BCUT2D eigenvalue weighted by molar-refractivity contribution is 7.91. The third kappa shape index (κ3) is 3.42. The molecule has 0 spiro atoms. The first-order chi connectivity index (χ1) is 13.8. The predicted molar refractivity (Wildman–Crippen MR) is 101 cm³/mol. The molecule has 3 rings (SSSR count). The van der Waals surface area contributed by atoms with Crippen molar-refractivity contribution in [3.05, 3.63) is 23.7 Å². The lowest BCUT2D eigenvalue weighted by Crippen LogP contribution is -2.26. The number of aromatic nitrogens is 5. The maximum absolute atomic E-state index is 13.0. The van der Waals surface area contributed by atoms with E-state index in [2.05, 4.69) is 15.1 Å². The molecular formula is C17H19F3N6O3S. The predicted octanol–water partition coefficient (Wildman–Crippen LogP) is 1.88. The molecule has 30 heavy (non-hydrogen) atoms. The number of aryl methyl sites for hydroxylation is 2. The molecule has 0 unspecified atom stereocenters. The number of nitrogens with zero attached hydrogens (tertiary/aromatic N) is 6. The van der Waals surface area contributed by atoms with Crippen molar-refractivity contribution in [2.45, 2.75) is 18.0 Å². The van der Waals surface area contributed by atoms with Crippen molar-refractivity contribution in [3.8, 4) is 11.5 Å². The molecule has 0 aliphatic heterocycles. The Morgan fingerprint density at radius 3 is 2.40 bits per heavy atom. The smallest absolute Gasteiger partial charge is 0.343 e. The Morgan fingerprint density at radius 2 is 1.87 bits per heavy atom. The standard InChI is InChI=1S/C17H19F3N6O3S/c1-6-30(28,29)14-12(23-26(5)13(14)16(27)24(2)3)15-22-9-7-11(17(18,19)20)21-8-10(9)25(15)4/h7-8H,6H2,1-5H3. The molecule has 0 N–H and O–H groups in total. The second-order valence-electron chi connectivity index (χ2n) is 6.80. The maximum atomic E-state index is 13.0. The van der Waals surface area contributed by atoms with Crippen molar-refractivity contribution in [1.82, 2.24) is 29.2 Å². The Labute approximate surface area is 170 Å². The lowest BCUT2D eigenvalue weighted by molar-refractivity contribution is -0.141. The quantitative estimate of drug-likeness (QED) is 0.609. The molecule has 3 aromatic heterocycles. The molecule has 3 heterocycles. The first-order valence-electron chi connectivity index (χ1n) is 8.71. The molecule has 0 radical (unpaired) electrons. The molecule has 0 atom stereocenters. The zero-order chi connectivity index (χ0) is 22.6. The molecule has 13 heteroatoms. The summed E-state index contributed by atoms with van der Waals surface area (Å²) in [6.45, 7) is 1.42. The van der Waals surface area contributed by atoms with Crippen molar-refractivity contribution in [2.24, 2.45) is 14.1 Å². The molecule has 0 bridgehead atoms. The molecule has 0 saturated heterocycles. The SMILES string of the molecule is CCS(=O)(=O)c1c(-c2nc3cc(C(F)(F)F)ncc3n2C)nn(C)c1C(=O)N(C)C. The van der Waals surface area contributed by atoms with E-state index in [4.69, 9.17) is 0 Å². The summed E-state index contributed by atoms with van der Waals surface area (Å²) in [4.78, 5) is 21.1. The van der Waals surface area contributed by atoms with E-state index >= 15 is 0 Å². The van der Waals surface area contributed by atoms with Crippen LogP contribution in [0.1, 0.15) is 23.1 Å². The molecule has 1 amide bonds. The summed E-state index contributed by atoms with van der Waals surface area (Å²) in [6, 6.07) is 0.779. The highest BCUT2D eigenvalue weighted by Gasteiger charge is 2.35. The molecule has 0 aromatic carbocycles. The normalized spacial score (nSPS) is 12.5. The Bertz CT molecular complexity index is 1260. The van der Waals surface area contributed by atoms with Crippen LogP contribution in [0.4, 0.5) is 13.2 Å². The summed E-state index contributed by atoms with van der Waals surface area (Å²) >= 11 is 0. The van der Waals surface area contributed by atoms with E-state index in [0.717, 1.165) is 16.9 Å². The van der Waals surface area contributed by atoms with Gasteiger partial charge in [0.1, 0.15) is 22.0 Å². The van der Waals surface area contributed by atoms with E-state index in [1.54, 1.807) is 0 Å². The number of hydrogen-bond donors (Lipinski definition) is 0. The van der Waals surface area contributed by atoms with Gasteiger partial charge in [-0.3, -0.25) is 9.48 Å². The average molecular weight is 444 g/mol. The van der Waals surface area contributed by atoms with Crippen LogP contribution in [-0.4, -0.2) is 63.4 Å². The first kappa shape index (κ1) is 21.7. The third-order valence-electron chi connectivity index (χ3n) is 4.57. The molecule has 0 aliphatic carbocycles. The Kier molecular flexibility index (Phi) is 5.13. The number of halogens is 3. The molecule has 9 nitrogen and oxygen atoms in total. The van der Waals surface area contributed by atoms with Crippen LogP contribution in [0.25, 0.3) is 22.6 Å². The fraction of sp³-hybridized carbons (Fsp3) is 0.412. The van der Waals surface area contributed by atoms with Crippen molar-refractivity contribution < 1.29 is 26.4 Å². The van der Waals surface area contributed by atoms with Crippen LogP contribution < -0.4 is 0 Å². The third-order valence-corrected chi connectivity index (χ3v) is 6.34. The number of carbonyl (C=O) groups excluding carboxylic acids is 1. The zero-order valence-electron chi connectivity index (χ0n) is 16.8. The molecule has 0 fully saturated rings. The summed E-state index contributed by atoms with van der Waals surface area (Å²) < 4.78 is 67.2. The minimum atomic E-state index is -4.65. The number of hydrogen-bond acceptors (Lipinski definition) is 6. The van der Waals surface area contributed by atoms with Crippen LogP contribution in [0.15, 0.2) is 17.2 Å². The summed E-state index contributed by atoms with van der Waals surface area (Å²) in [5.41, 5.74) is -1.16. The summed E-state index contributed by atoms with van der Waals surface area (Å²) in [5.74, 6) is -0.877. The minimum Gasteiger partial charge on any atom is -0.343 e. The van der Waals surface area contributed by atoms with Gasteiger partial charge in [-0.2, -0.15) is 18.3 Å². The monoisotopic (exact) mass is 444 g/mol. The van der Waals surface area contributed by atoms with E-state index in [9.17, 15) is 26.4 Å². The summed E-state index contributed by atoms with van der Waals surface area (Å²) in [6.07, 6.45) is -3.64. The van der Waals surface area contributed by atoms with Gasteiger partial charge in [-0.15, -0.1) is 0 Å². The highest BCUT2D eigenvalue weighted by atomic mass is 32.2. The van der Waals surface area contributed by atoms with E-state index in [-0.39, 0.29) is 38.9 Å². The van der Waals surface area contributed by atoms with Gasteiger partial charge in [0.2, 0.25) is 0 Å². The minimum absolute atomic E-state index is 0.00607. The molecular weight excluding hydrogens is 425 g/mol. The van der Waals surface area contributed by atoms with Crippen LogP contribution in [0.5, 0.6) is 0 Å². The molecule has 0 saturated carbocycles. The average Bonchev–Trinajstić information content (AvgIpc) is 3.17. The fourth-order valence-corrected chi connectivity index (χ4v) is 4.22. The number of amides is 1. The largest absolute Gasteiger partial charge is 0.433 e. The first-order valence-corrected chi connectivity index (χ1v) is 10.4. The van der Waals surface area contributed by atoms with Gasteiger partial charge in [-0.25, -0.2) is 18.4 Å². The van der Waals surface area contributed by atoms with E-state index in [0.29, 0.717) is 0 Å². The van der Waals surface area contributed by atoms with Gasteiger partial charge < -0.3 is 9.47 Å². The van der Waals surface area contributed by atoms with Crippen LogP contribution in [0.3, 0.4) is 0 Å². The Balaban J connectivity index is 2.36. The molecule has 3 aromatic rings. The van der Waals surface area contributed by atoms with Gasteiger partial charge in [0.25, 0.3) is 5.91 Å². The van der Waals surface area contributed by atoms with Crippen LogP contribution in [-0.2, 0) is 30.1 Å². The van der Waals surface area contributed by atoms with E-state index in [1.165, 1.54) is 44.6 Å². The van der Waals surface area contributed by atoms with Gasteiger partial charge >= 0.3 is 6.18 Å². The number of rotatable bonds is 4. The molecule has 162 valence electrons. The van der Waals surface area contributed by atoms with E-state index < -0.39 is 27.6 Å². The zero-order valence-corrected chi connectivity index (χ0v) is 17.6. The highest BCUT2D eigenvalue weighted by Crippen LogP contribution is 2.34.